The van der Waals surface area contributed by atoms with Gasteiger partial charge >= 0.3 is 6.18 Å². The van der Waals surface area contributed by atoms with Crippen LogP contribution in [0.3, 0.4) is 0 Å². The summed E-state index contributed by atoms with van der Waals surface area (Å²) in [6, 6.07) is 2.82. The van der Waals surface area contributed by atoms with Crippen LogP contribution in [0, 0.1) is 11.6 Å². The van der Waals surface area contributed by atoms with Crippen molar-refractivity contribution in [2.45, 2.75) is 32.4 Å². The molecule has 124 valence electrons. The minimum absolute atomic E-state index is 0.402. The van der Waals surface area contributed by atoms with Gasteiger partial charge in [0, 0.05) is 6.20 Å². The molecule has 1 aromatic carbocycles. The van der Waals surface area contributed by atoms with Crippen molar-refractivity contribution >= 4 is 0 Å². The van der Waals surface area contributed by atoms with Crippen LogP contribution in [0.15, 0.2) is 30.6 Å². The van der Waals surface area contributed by atoms with Crippen molar-refractivity contribution in [2.24, 2.45) is 0 Å². The van der Waals surface area contributed by atoms with Crippen molar-refractivity contribution in [3.05, 3.63) is 53.4 Å². The molecule has 0 N–H and O–H groups in total. The number of pyridine rings is 1. The first-order valence-corrected chi connectivity index (χ1v) is 6.68. The van der Waals surface area contributed by atoms with Gasteiger partial charge in [0.05, 0.1) is 11.8 Å². The van der Waals surface area contributed by atoms with Gasteiger partial charge in [-0.2, -0.15) is 13.2 Å². The summed E-state index contributed by atoms with van der Waals surface area (Å²) in [5, 5.41) is 0. The topological polar surface area (TPSA) is 22.1 Å². The molecule has 0 radical (unpaired) electrons. The number of ether oxygens (including phenoxy) is 1. The maximum Gasteiger partial charge on any atom is 0.418 e. The van der Waals surface area contributed by atoms with Crippen molar-refractivity contribution in [2.75, 3.05) is 0 Å². The molecule has 0 aliphatic heterocycles. The molecule has 0 bridgehead atoms. The molecule has 0 saturated carbocycles. The fraction of sp³-hybridized carbons (Fsp3) is 0.312. The van der Waals surface area contributed by atoms with Gasteiger partial charge in [0.15, 0.2) is 17.4 Å². The first kappa shape index (κ1) is 17.2. The first-order chi connectivity index (χ1) is 10.5. The van der Waals surface area contributed by atoms with E-state index in [4.69, 9.17) is 4.74 Å². The molecule has 0 fully saturated rings. The summed E-state index contributed by atoms with van der Waals surface area (Å²) in [6.45, 7) is 5.33. The minimum atomic E-state index is -4.63. The van der Waals surface area contributed by atoms with Crippen LogP contribution in [-0.4, -0.2) is 4.98 Å². The van der Waals surface area contributed by atoms with E-state index in [1.807, 2.05) is 0 Å². The standard InChI is InChI=1S/C16H14F5NO/c1-15(2,3)9-5-12(17)14(13(18)6-9)23-11-4-10(7-22-8-11)16(19,20)21/h4-8H,1-3H3. The maximum atomic E-state index is 14.1. The fourth-order valence-electron chi connectivity index (χ4n) is 1.84. The van der Waals surface area contributed by atoms with Crippen molar-refractivity contribution in [1.29, 1.82) is 0 Å². The Morgan fingerprint density at radius 1 is 0.870 bits per heavy atom. The van der Waals surface area contributed by atoms with Crippen LogP contribution in [0.1, 0.15) is 31.9 Å². The van der Waals surface area contributed by atoms with Gasteiger partial charge in [-0.15, -0.1) is 0 Å². The Morgan fingerprint density at radius 2 is 1.43 bits per heavy atom. The summed E-state index contributed by atoms with van der Waals surface area (Å²) < 4.78 is 70.9. The third-order valence-electron chi connectivity index (χ3n) is 3.12. The van der Waals surface area contributed by atoms with Gasteiger partial charge in [0.1, 0.15) is 5.75 Å². The zero-order chi connectivity index (χ0) is 17.4. The molecule has 2 aromatic rings. The summed E-state index contributed by atoms with van der Waals surface area (Å²) >= 11 is 0. The molecule has 0 aliphatic rings. The first-order valence-electron chi connectivity index (χ1n) is 6.68. The lowest BCUT2D eigenvalue weighted by Gasteiger charge is -2.20. The summed E-state index contributed by atoms with van der Waals surface area (Å²) in [6.07, 6.45) is -3.08. The van der Waals surface area contributed by atoms with Crippen LogP contribution in [0.4, 0.5) is 22.0 Å². The lowest BCUT2D eigenvalue weighted by atomic mass is 9.87. The maximum absolute atomic E-state index is 14.1. The van der Waals surface area contributed by atoms with Gasteiger partial charge in [-0.1, -0.05) is 20.8 Å². The number of halogens is 5. The average molecular weight is 331 g/mol. The number of rotatable bonds is 2. The summed E-state index contributed by atoms with van der Waals surface area (Å²) in [5.41, 5.74) is -1.15. The molecule has 0 amide bonds. The predicted molar refractivity (Wildman–Crippen MR) is 74.4 cm³/mol. The van der Waals surface area contributed by atoms with E-state index in [9.17, 15) is 22.0 Å². The molecular formula is C16H14F5NO. The highest BCUT2D eigenvalue weighted by atomic mass is 19.4. The normalized spacial score (nSPS) is 12.3. The largest absolute Gasteiger partial charge is 0.450 e. The second-order valence-electron chi connectivity index (χ2n) is 6.03. The molecule has 2 nitrogen and oxygen atoms in total. The Labute approximate surface area is 129 Å². The molecule has 23 heavy (non-hydrogen) atoms. The van der Waals surface area contributed by atoms with Crippen LogP contribution in [0.2, 0.25) is 0 Å². The fourth-order valence-corrected chi connectivity index (χ4v) is 1.84. The quantitative estimate of drug-likeness (QED) is 0.681. The Morgan fingerprint density at radius 3 is 1.91 bits per heavy atom. The number of hydrogen-bond donors (Lipinski definition) is 0. The average Bonchev–Trinajstić information content (AvgIpc) is 2.41. The third-order valence-corrected chi connectivity index (χ3v) is 3.12. The molecule has 2 rings (SSSR count). The molecular weight excluding hydrogens is 317 g/mol. The van der Waals surface area contributed by atoms with Gasteiger partial charge in [-0.05, 0) is 29.2 Å². The third kappa shape index (κ3) is 3.97. The molecule has 0 aliphatic carbocycles. The van der Waals surface area contributed by atoms with Crippen LogP contribution < -0.4 is 4.74 Å². The number of aromatic nitrogens is 1. The summed E-state index contributed by atoms with van der Waals surface area (Å²) in [5.74, 6) is -3.15. The lowest BCUT2D eigenvalue weighted by molar-refractivity contribution is -0.137. The van der Waals surface area contributed by atoms with E-state index in [1.165, 1.54) is 0 Å². The molecule has 0 unspecified atom stereocenters. The Kier molecular flexibility index (Phi) is 4.32. The summed E-state index contributed by atoms with van der Waals surface area (Å²) in [7, 11) is 0. The molecule has 0 atom stereocenters. The minimum Gasteiger partial charge on any atom is -0.450 e. The zero-order valence-electron chi connectivity index (χ0n) is 12.6. The molecule has 7 heteroatoms. The van der Waals surface area contributed by atoms with Crippen molar-refractivity contribution in [1.82, 2.24) is 4.98 Å². The van der Waals surface area contributed by atoms with Gasteiger partial charge in [0.2, 0.25) is 0 Å². The Bertz CT molecular complexity index is 696. The van der Waals surface area contributed by atoms with Gasteiger partial charge < -0.3 is 4.74 Å². The second-order valence-corrected chi connectivity index (χ2v) is 6.03. The highest BCUT2D eigenvalue weighted by Crippen LogP contribution is 2.35. The number of hydrogen-bond acceptors (Lipinski definition) is 2. The lowest BCUT2D eigenvalue weighted by Crippen LogP contribution is -2.12. The molecule has 0 spiro atoms. The highest BCUT2D eigenvalue weighted by molar-refractivity contribution is 5.38. The van der Waals surface area contributed by atoms with Gasteiger partial charge in [0.25, 0.3) is 0 Å². The SMILES string of the molecule is CC(C)(C)c1cc(F)c(Oc2cncc(C(F)(F)F)c2)c(F)c1. The molecule has 1 heterocycles. The van der Waals surface area contributed by atoms with E-state index < -0.39 is 40.3 Å². The van der Waals surface area contributed by atoms with Gasteiger partial charge in [-0.25, -0.2) is 8.78 Å². The van der Waals surface area contributed by atoms with E-state index in [2.05, 4.69) is 4.98 Å². The van der Waals surface area contributed by atoms with Crippen LogP contribution in [0.5, 0.6) is 11.5 Å². The van der Waals surface area contributed by atoms with E-state index in [0.29, 0.717) is 17.8 Å². The van der Waals surface area contributed by atoms with Crippen LogP contribution in [0.25, 0.3) is 0 Å². The Balaban J connectivity index is 2.38. The smallest absolute Gasteiger partial charge is 0.418 e. The molecule has 0 saturated heterocycles. The zero-order valence-corrected chi connectivity index (χ0v) is 12.6. The number of benzene rings is 1. The van der Waals surface area contributed by atoms with Crippen molar-refractivity contribution < 1.29 is 26.7 Å². The van der Waals surface area contributed by atoms with E-state index in [1.54, 1.807) is 20.8 Å². The van der Waals surface area contributed by atoms with Crippen LogP contribution in [-0.2, 0) is 11.6 Å². The highest BCUT2D eigenvalue weighted by Gasteiger charge is 2.31. The Hall–Kier alpha value is -2.18. The van der Waals surface area contributed by atoms with Gasteiger partial charge in [-0.3, -0.25) is 4.98 Å². The second kappa shape index (κ2) is 5.79. The van der Waals surface area contributed by atoms with E-state index in [0.717, 1.165) is 18.3 Å². The van der Waals surface area contributed by atoms with Crippen LogP contribution >= 0.6 is 0 Å². The van der Waals surface area contributed by atoms with Crippen molar-refractivity contribution in [3.63, 3.8) is 0 Å². The van der Waals surface area contributed by atoms with E-state index in [-0.39, 0.29) is 0 Å². The monoisotopic (exact) mass is 331 g/mol. The van der Waals surface area contributed by atoms with E-state index >= 15 is 0 Å². The predicted octanol–water partition coefficient (Wildman–Crippen LogP) is 5.47. The number of nitrogens with zero attached hydrogens (tertiary/aromatic N) is 1. The number of alkyl halides is 3. The van der Waals surface area contributed by atoms with Crippen molar-refractivity contribution in [3.8, 4) is 11.5 Å². The molecule has 1 aromatic heterocycles. The summed E-state index contributed by atoms with van der Waals surface area (Å²) in [4.78, 5) is 3.37.